The van der Waals surface area contributed by atoms with E-state index in [1.807, 2.05) is 42.6 Å². The van der Waals surface area contributed by atoms with Crippen molar-refractivity contribution in [1.29, 1.82) is 0 Å². The van der Waals surface area contributed by atoms with Gasteiger partial charge in [-0.05, 0) is 41.3 Å². The highest BCUT2D eigenvalue weighted by Gasteiger charge is 2.05. The summed E-state index contributed by atoms with van der Waals surface area (Å²) in [6.07, 6.45) is 3.89. The van der Waals surface area contributed by atoms with Gasteiger partial charge < -0.3 is 10.3 Å². The van der Waals surface area contributed by atoms with E-state index in [2.05, 4.69) is 15.3 Å². The van der Waals surface area contributed by atoms with Crippen LogP contribution in [-0.4, -0.2) is 15.9 Å². The zero-order valence-electron chi connectivity index (χ0n) is 10.3. The first kappa shape index (κ1) is 11.5. The largest absolute Gasteiger partial charge is 0.361 e. The summed E-state index contributed by atoms with van der Waals surface area (Å²) >= 11 is 0. The van der Waals surface area contributed by atoms with Gasteiger partial charge in [-0.25, -0.2) is 4.98 Å². The number of fused-ring (bicyclic) bond motifs is 1. The molecule has 2 heterocycles. The number of nitrogens with one attached hydrogen (secondary N) is 2. The molecular weight excluding hydrogens is 238 g/mol. The van der Waals surface area contributed by atoms with E-state index in [4.69, 9.17) is 0 Å². The molecule has 0 aliphatic rings. The summed E-state index contributed by atoms with van der Waals surface area (Å²) in [5.74, 6) is 0.517. The zero-order valence-corrected chi connectivity index (χ0v) is 10.3. The van der Waals surface area contributed by atoms with Gasteiger partial charge in [0.1, 0.15) is 5.82 Å². The third-order valence-electron chi connectivity index (χ3n) is 2.91. The summed E-state index contributed by atoms with van der Waals surface area (Å²) in [5, 5.41) is 3.89. The number of pyridine rings is 1. The summed E-state index contributed by atoms with van der Waals surface area (Å²) in [5.41, 5.74) is 2.06. The summed E-state index contributed by atoms with van der Waals surface area (Å²) in [6.45, 7) is 0. The molecule has 2 aromatic heterocycles. The lowest BCUT2D eigenvalue weighted by atomic mass is 10.1. The molecule has 0 aliphatic heterocycles. The van der Waals surface area contributed by atoms with E-state index >= 15 is 0 Å². The van der Waals surface area contributed by atoms with Crippen LogP contribution in [0.3, 0.4) is 0 Å². The normalized spacial score (nSPS) is 10.5. The smallest absolute Gasteiger partial charge is 0.229 e. The van der Waals surface area contributed by atoms with E-state index in [1.54, 1.807) is 12.3 Å². The summed E-state index contributed by atoms with van der Waals surface area (Å²) in [7, 11) is 0. The van der Waals surface area contributed by atoms with Gasteiger partial charge in [0.2, 0.25) is 5.91 Å². The van der Waals surface area contributed by atoms with Crippen molar-refractivity contribution in [1.82, 2.24) is 9.97 Å². The number of carbonyl (C=O) groups is 1. The molecular formula is C15H13N3O. The predicted molar refractivity (Wildman–Crippen MR) is 74.9 cm³/mol. The van der Waals surface area contributed by atoms with Crippen molar-refractivity contribution in [2.24, 2.45) is 0 Å². The van der Waals surface area contributed by atoms with Gasteiger partial charge in [-0.3, -0.25) is 4.79 Å². The molecule has 0 aliphatic carbocycles. The Morgan fingerprint density at radius 1 is 1.21 bits per heavy atom. The van der Waals surface area contributed by atoms with Gasteiger partial charge in [0.05, 0.1) is 6.42 Å². The maximum absolute atomic E-state index is 11.9. The maximum Gasteiger partial charge on any atom is 0.229 e. The summed E-state index contributed by atoms with van der Waals surface area (Å²) in [4.78, 5) is 19.1. The van der Waals surface area contributed by atoms with Crippen LogP contribution in [0.2, 0.25) is 0 Å². The number of anilines is 1. The Labute approximate surface area is 110 Å². The second kappa shape index (κ2) is 4.94. The molecule has 4 heteroatoms. The fraction of sp³-hybridized carbons (Fsp3) is 0.0667. The second-order valence-corrected chi connectivity index (χ2v) is 4.34. The number of H-pyrrole nitrogens is 1. The predicted octanol–water partition coefficient (Wildman–Crippen LogP) is 2.74. The molecule has 0 bridgehead atoms. The van der Waals surface area contributed by atoms with Gasteiger partial charge in [0.25, 0.3) is 0 Å². The van der Waals surface area contributed by atoms with E-state index in [9.17, 15) is 4.79 Å². The van der Waals surface area contributed by atoms with Crippen molar-refractivity contribution in [3.8, 4) is 0 Å². The van der Waals surface area contributed by atoms with Crippen LogP contribution in [-0.2, 0) is 11.2 Å². The van der Waals surface area contributed by atoms with Crippen molar-refractivity contribution < 1.29 is 4.79 Å². The molecule has 0 radical (unpaired) electrons. The van der Waals surface area contributed by atoms with Crippen LogP contribution in [0.25, 0.3) is 10.9 Å². The molecule has 3 rings (SSSR count). The lowest BCUT2D eigenvalue weighted by Gasteiger charge is -2.04. The lowest BCUT2D eigenvalue weighted by molar-refractivity contribution is -0.115. The monoisotopic (exact) mass is 251 g/mol. The zero-order chi connectivity index (χ0) is 13.1. The van der Waals surface area contributed by atoms with Crippen LogP contribution in [0, 0.1) is 0 Å². The molecule has 4 nitrogen and oxygen atoms in total. The minimum atomic E-state index is -0.0615. The van der Waals surface area contributed by atoms with E-state index in [0.29, 0.717) is 12.2 Å². The number of aromatic amines is 1. The van der Waals surface area contributed by atoms with Crippen molar-refractivity contribution in [2.75, 3.05) is 5.32 Å². The molecule has 19 heavy (non-hydrogen) atoms. The van der Waals surface area contributed by atoms with Crippen LogP contribution in [0.4, 0.5) is 5.82 Å². The van der Waals surface area contributed by atoms with Crippen LogP contribution in [0.1, 0.15) is 5.56 Å². The van der Waals surface area contributed by atoms with Gasteiger partial charge in [-0.2, -0.15) is 0 Å². The number of carbonyl (C=O) groups excluding carboxylic acids is 1. The highest BCUT2D eigenvalue weighted by Crippen LogP contribution is 2.15. The minimum absolute atomic E-state index is 0.0615. The number of rotatable bonds is 3. The Bertz CT molecular complexity index is 703. The first-order chi connectivity index (χ1) is 9.31. The Kier molecular flexibility index (Phi) is 2.98. The molecule has 2 N–H and O–H groups in total. The lowest BCUT2D eigenvalue weighted by Crippen LogP contribution is -2.15. The highest BCUT2D eigenvalue weighted by atomic mass is 16.1. The van der Waals surface area contributed by atoms with Crippen LogP contribution >= 0.6 is 0 Å². The molecule has 94 valence electrons. The first-order valence-electron chi connectivity index (χ1n) is 6.08. The Morgan fingerprint density at radius 3 is 3.00 bits per heavy atom. The van der Waals surface area contributed by atoms with Gasteiger partial charge in [-0.15, -0.1) is 0 Å². The summed E-state index contributed by atoms with van der Waals surface area (Å²) < 4.78 is 0. The number of nitrogens with zero attached hydrogens (tertiary/aromatic N) is 1. The maximum atomic E-state index is 11.9. The van der Waals surface area contributed by atoms with Gasteiger partial charge >= 0.3 is 0 Å². The van der Waals surface area contributed by atoms with Gasteiger partial charge in [0.15, 0.2) is 0 Å². The van der Waals surface area contributed by atoms with Crippen LogP contribution < -0.4 is 5.32 Å². The van der Waals surface area contributed by atoms with Crippen molar-refractivity contribution >= 4 is 22.6 Å². The van der Waals surface area contributed by atoms with Crippen molar-refractivity contribution in [3.63, 3.8) is 0 Å². The Hall–Kier alpha value is -2.62. The van der Waals surface area contributed by atoms with Gasteiger partial charge in [-0.1, -0.05) is 12.1 Å². The van der Waals surface area contributed by atoms with E-state index in [1.165, 1.54) is 0 Å². The van der Waals surface area contributed by atoms with E-state index < -0.39 is 0 Å². The standard InChI is InChI=1S/C15H13N3O/c19-15(18-14-3-1-2-7-17-14)10-11-4-5-13-12(9-11)6-8-16-13/h1-9,16H,10H2,(H,17,18,19). The van der Waals surface area contributed by atoms with Crippen molar-refractivity contribution in [3.05, 3.63) is 60.4 Å². The molecule has 1 amide bonds. The molecule has 3 aromatic rings. The average molecular weight is 251 g/mol. The van der Waals surface area contributed by atoms with E-state index in [-0.39, 0.29) is 5.91 Å². The SMILES string of the molecule is O=C(Cc1ccc2[nH]ccc2c1)Nc1ccccn1. The molecule has 0 fully saturated rings. The molecule has 0 saturated carbocycles. The van der Waals surface area contributed by atoms with Crippen LogP contribution in [0.15, 0.2) is 54.9 Å². The number of amides is 1. The molecule has 0 atom stereocenters. The molecule has 0 unspecified atom stereocenters. The van der Waals surface area contributed by atoms with Crippen LogP contribution in [0.5, 0.6) is 0 Å². The third-order valence-corrected chi connectivity index (χ3v) is 2.91. The fourth-order valence-corrected chi connectivity index (χ4v) is 2.02. The summed E-state index contributed by atoms with van der Waals surface area (Å²) in [6, 6.07) is 13.4. The van der Waals surface area contributed by atoms with E-state index in [0.717, 1.165) is 16.5 Å². The second-order valence-electron chi connectivity index (χ2n) is 4.34. The Balaban J connectivity index is 1.72. The average Bonchev–Trinajstić information content (AvgIpc) is 2.87. The first-order valence-corrected chi connectivity index (χ1v) is 6.08. The Morgan fingerprint density at radius 2 is 2.16 bits per heavy atom. The van der Waals surface area contributed by atoms with Crippen molar-refractivity contribution in [2.45, 2.75) is 6.42 Å². The topological polar surface area (TPSA) is 57.8 Å². The number of aromatic nitrogens is 2. The molecule has 0 spiro atoms. The fourth-order valence-electron chi connectivity index (χ4n) is 2.02. The number of benzene rings is 1. The quantitative estimate of drug-likeness (QED) is 0.752. The molecule has 1 aromatic carbocycles. The molecule has 0 saturated heterocycles. The number of hydrogen-bond donors (Lipinski definition) is 2. The highest BCUT2D eigenvalue weighted by molar-refractivity contribution is 5.92. The minimum Gasteiger partial charge on any atom is -0.361 e. The third kappa shape index (κ3) is 2.63. The van der Waals surface area contributed by atoms with Gasteiger partial charge in [0, 0.05) is 17.9 Å². The number of hydrogen-bond acceptors (Lipinski definition) is 2.